The van der Waals surface area contributed by atoms with Crippen molar-refractivity contribution in [2.45, 2.75) is 51.7 Å². The molecule has 0 spiro atoms. The summed E-state index contributed by atoms with van der Waals surface area (Å²) in [6.45, 7) is 6.94. The Morgan fingerprint density at radius 3 is 2.33 bits per heavy atom. The average molecular weight is 254 g/mol. The highest BCUT2D eigenvalue weighted by molar-refractivity contribution is 4.88. The Bertz CT molecular complexity index is 253. The molecular formula is C15H30N2O. The minimum Gasteiger partial charge on any atom is -0.393 e. The summed E-state index contributed by atoms with van der Waals surface area (Å²) in [5.74, 6) is 2.90. The van der Waals surface area contributed by atoms with Gasteiger partial charge in [0.15, 0.2) is 0 Å². The third-order valence-corrected chi connectivity index (χ3v) is 5.03. The highest BCUT2D eigenvalue weighted by atomic mass is 16.3. The summed E-state index contributed by atoms with van der Waals surface area (Å²) in [7, 11) is 2.21. The number of hydrogen-bond acceptors (Lipinski definition) is 3. The summed E-state index contributed by atoms with van der Waals surface area (Å²) < 4.78 is 0. The zero-order valence-electron chi connectivity index (χ0n) is 12.2. The van der Waals surface area contributed by atoms with Gasteiger partial charge in [0.2, 0.25) is 0 Å². The Hall–Kier alpha value is -0.120. The maximum Gasteiger partial charge on any atom is 0.0546 e. The summed E-state index contributed by atoms with van der Waals surface area (Å²) in [5, 5.41) is 9.33. The summed E-state index contributed by atoms with van der Waals surface area (Å²) in [4.78, 5) is 2.44. The van der Waals surface area contributed by atoms with Crippen molar-refractivity contribution in [2.75, 3.05) is 20.1 Å². The first kappa shape index (κ1) is 14.3. The second-order valence-corrected chi connectivity index (χ2v) is 7.09. The van der Waals surface area contributed by atoms with Crippen LogP contribution in [0.5, 0.6) is 0 Å². The van der Waals surface area contributed by atoms with Gasteiger partial charge in [-0.3, -0.25) is 0 Å². The van der Waals surface area contributed by atoms with Gasteiger partial charge in [-0.15, -0.1) is 0 Å². The normalized spacial score (nSPS) is 45.0. The maximum atomic E-state index is 9.33. The van der Waals surface area contributed by atoms with Gasteiger partial charge in [0.25, 0.3) is 0 Å². The molecule has 0 radical (unpaired) electrons. The van der Waals surface area contributed by atoms with Crippen LogP contribution in [0.1, 0.15) is 39.5 Å². The number of aliphatic hydroxyl groups excluding tert-OH is 1. The summed E-state index contributed by atoms with van der Waals surface area (Å²) in [6.07, 6.45) is 4.47. The van der Waals surface area contributed by atoms with Crippen molar-refractivity contribution < 1.29 is 5.11 Å². The summed E-state index contributed by atoms with van der Waals surface area (Å²) >= 11 is 0. The van der Waals surface area contributed by atoms with Gasteiger partial charge in [0.05, 0.1) is 6.10 Å². The molecule has 3 N–H and O–H groups in total. The molecule has 3 nitrogen and oxygen atoms in total. The van der Waals surface area contributed by atoms with Crippen LogP contribution in [-0.4, -0.2) is 42.3 Å². The molecule has 0 bridgehead atoms. The molecule has 3 heteroatoms. The molecule has 2 saturated carbocycles. The van der Waals surface area contributed by atoms with Crippen LogP contribution < -0.4 is 5.73 Å². The molecule has 0 aromatic rings. The van der Waals surface area contributed by atoms with Crippen molar-refractivity contribution in [3.63, 3.8) is 0 Å². The lowest BCUT2D eigenvalue weighted by Crippen LogP contribution is -2.47. The van der Waals surface area contributed by atoms with Gasteiger partial charge < -0.3 is 15.7 Å². The van der Waals surface area contributed by atoms with Gasteiger partial charge in [-0.1, -0.05) is 13.8 Å². The average Bonchev–Trinajstić information content (AvgIpc) is 2.21. The highest BCUT2D eigenvalue weighted by Gasteiger charge is 2.33. The SMILES string of the molecule is CC1CC(C)C(CN(C)CC2CC(O)C2)C(N)C1. The van der Waals surface area contributed by atoms with Crippen molar-refractivity contribution in [3.8, 4) is 0 Å². The van der Waals surface area contributed by atoms with E-state index in [0.29, 0.717) is 17.9 Å². The Labute approximate surface area is 112 Å². The van der Waals surface area contributed by atoms with Crippen LogP contribution >= 0.6 is 0 Å². The molecule has 2 aliphatic rings. The lowest BCUT2D eigenvalue weighted by molar-refractivity contribution is 0.0218. The molecule has 4 atom stereocenters. The molecular weight excluding hydrogens is 224 g/mol. The molecule has 0 heterocycles. The standard InChI is InChI=1S/C15H30N2O/c1-10-4-11(2)14(15(16)5-10)9-17(3)8-12-6-13(18)7-12/h10-15,18H,4-9,16H2,1-3H3. The lowest BCUT2D eigenvalue weighted by atomic mass is 9.72. The zero-order chi connectivity index (χ0) is 13.3. The maximum absolute atomic E-state index is 9.33. The third-order valence-electron chi connectivity index (χ3n) is 5.03. The first-order chi connectivity index (χ1) is 8.45. The van der Waals surface area contributed by atoms with Gasteiger partial charge in [-0.25, -0.2) is 0 Å². The second kappa shape index (κ2) is 5.89. The van der Waals surface area contributed by atoms with E-state index >= 15 is 0 Å². The molecule has 0 amide bonds. The van der Waals surface area contributed by atoms with Crippen molar-refractivity contribution in [3.05, 3.63) is 0 Å². The highest BCUT2D eigenvalue weighted by Crippen LogP contribution is 2.34. The fourth-order valence-electron chi connectivity index (χ4n) is 4.01. The number of rotatable bonds is 4. The van der Waals surface area contributed by atoms with Gasteiger partial charge in [0, 0.05) is 19.1 Å². The summed E-state index contributed by atoms with van der Waals surface area (Å²) in [6, 6.07) is 0.373. The molecule has 2 rings (SSSR count). The van der Waals surface area contributed by atoms with E-state index in [2.05, 4.69) is 25.8 Å². The Morgan fingerprint density at radius 1 is 1.11 bits per heavy atom. The van der Waals surface area contributed by atoms with E-state index in [1.807, 2.05) is 0 Å². The molecule has 2 fully saturated rings. The molecule has 0 saturated heterocycles. The number of nitrogens with zero attached hydrogens (tertiary/aromatic N) is 1. The van der Waals surface area contributed by atoms with E-state index in [1.165, 1.54) is 12.8 Å². The van der Waals surface area contributed by atoms with Gasteiger partial charge in [0.1, 0.15) is 0 Å². The minimum atomic E-state index is -0.0277. The largest absolute Gasteiger partial charge is 0.393 e. The van der Waals surface area contributed by atoms with Crippen LogP contribution in [-0.2, 0) is 0 Å². The number of nitrogens with two attached hydrogens (primary N) is 1. The van der Waals surface area contributed by atoms with Crippen LogP contribution in [0, 0.1) is 23.7 Å². The van der Waals surface area contributed by atoms with E-state index in [4.69, 9.17) is 5.73 Å². The van der Waals surface area contributed by atoms with E-state index in [-0.39, 0.29) is 6.10 Å². The molecule has 4 unspecified atom stereocenters. The van der Waals surface area contributed by atoms with E-state index < -0.39 is 0 Å². The number of aliphatic hydroxyl groups is 1. The van der Waals surface area contributed by atoms with Crippen LogP contribution in [0.3, 0.4) is 0 Å². The fraction of sp³-hybridized carbons (Fsp3) is 1.00. The van der Waals surface area contributed by atoms with Crippen LogP contribution in [0.25, 0.3) is 0 Å². The minimum absolute atomic E-state index is 0.0277. The van der Waals surface area contributed by atoms with E-state index in [0.717, 1.165) is 37.8 Å². The molecule has 0 aromatic carbocycles. The first-order valence-electron chi connectivity index (χ1n) is 7.58. The van der Waals surface area contributed by atoms with Crippen LogP contribution in [0.4, 0.5) is 0 Å². The molecule has 0 aromatic heterocycles. The van der Waals surface area contributed by atoms with Gasteiger partial charge in [-0.05, 0) is 56.4 Å². The smallest absolute Gasteiger partial charge is 0.0546 e. The van der Waals surface area contributed by atoms with Crippen molar-refractivity contribution >= 4 is 0 Å². The topological polar surface area (TPSA) is 49.5 Å². The van der Waals surface area contributed by atoms with Crippen molar-refractivity contribution in [2.24, 2.45) is 29.4 Å². The van der Waals surface area contributed by atoms with Gasteiger partial charge in [-0.2, -0.15) is 0 Å². The monoisotopic (exact) mass is 254 g/mol. The lowest BCUT2D eigenvalue weighted by Gasteiger charge is -2.41. The quantitative estimate of drug-likeness (QED) is 0.803. The predicted octanol–water partition coefficient (Wildman–Crippen LogP) is 1.70. The molecule has 2 aliphatic carbocycles. The number of hydrogen-bond donors (Lipinski definition) is 2. The first-order valence-corrected chi connectivity index (χ1v) is 7.58. The molecule has 0 aliphatic heterocycles. The second-order valence-electron chi connectivity index (χ2n) is 7.09. The third kappa shape index (κ3) is 3.46. The molecule has 106 valence electrons. The Kier molecular flexibility index (Phi) is 4.68. The van der Waals surface area contributed by atoms with Crippen LogP contribution in [0.15, 0.2) is 0 Å². The fourth-order valence-corrected chi connectivity index (χ4v) is 4.01. The Balaban J connectivity index is 1.77. The zero-order valence-corrected chi connectivity index (χ0v) is 12.2. The van der Waals surface area contributed by atoms with Gasteiger partial charge >= 0.3 is 0 Å². The van der Waals surface area contributed by atoms with Crippen LogP contribution in [0.2, 0.25) is 0 Å². The van der Waals surface area contributed by atoms with Crippen molar-refractivity contribution in [1.82, 2.24) is 4.90 Å². The summed E-state index contributed by atoms with van der Waals surface area (Å²) in [5.41, 5.74) is 6.34. The molecule has 18 heavy (non-hydrogen) atoms. The predicted molar refractivity (Wildman–Crippen MR) is 75.3 cm³/mol. The van der Waals surface area contributed by atoms with E-state index in [9.17, 15) is 5.11 Å². The Morgan fingerprint density at radius 2 is 1.78 bits per heavy atom. The van der Waals surface area contributed by atoms with E-state index in [1.54, 1.807) is 0 Å². The van der Waals surface area contributed by atoms with Crippen molar-refractivity contribution in [1.29, 1.82) is 0 Å².